The fourth-order valence-electron chi connectivity index (χ4n) is 3.37. The van der Waals surface area contributed by atoms with Crippen molar-refractivity contribution >= 4 is 5.96 Å². The van der Waals surface area contributed by atoms with E-state index in [0.717, 1.165) is 50.3 Å². The Labute approximate surface area is 146 Å². The summed E-state index contributed by atoms with van der Waals surface area (Å²) in [6, 6.07) is 2.84. The zero-order chi connectivity index (χ0) is 17.4. The van der Waals surface area contributed by atoms with Gasteiger partial charge in [-0.15, -0.1) is 0 Å². The van der Waals surface area contributed by atoms with Crippen LogP contribution in [-0.4, -0.2) is 59.9 Å². The van der Waals surface area contributed by atoms with Crippen molar-refractivity contribution in [1.29, 1.82) is 0 Å². The van der Waals surface area contributed by atoms with Crippen LogP contribution in [0.25, 0.3) is 0 Å². The van der Waals surface area contributed by atoms with Gasteiger partial charge in [-0.05, 0) is 52.6 Å². The number of hydrogen-bond donors (Lipinski definition) is 2. The maximum atomic E-state index is 4.49. The molecule has 6 nitrogen and oxygen atoms in total. The van der Waals surface area contributed by atoms with Gasteiger partial charge in [-0.3, -0.25) is 14.6 Å². The lowest BCUT2D eigenvalue weighted by Crippen LogP contribution is -2.45. The maximum Gasteiger partial charge on any atom is 0.191 e. The molecule has 2 rings (SSSR count). The minimum absolute atomic E-state index is 0.719. The van der Waals surface area contributed by atoms with E-state index in [1.165, 1.54) is 31.5 Å². The van der Waals surface area contributed by atoms with Crippen molar-refractivity contribution in [3.63, 3.8) is 0 Å². The van der Waals surface area contributed by atoms with Crippen molar-refractivity contribution in [2.75, 3.05) is 33.2 Å². The molecule has 0 spiro atoms. The van der Waals surface area contributed by atoms with E-state index in [1.807, 2.05) is 14.0 Å². The number of nitrogens with one attached hydrogen (secondary N) is 2. The van der Waals surface area contributed by atoms with Crippen molar-refractivity contribution in [3.05, 3.63) is 17.5 Å². The monoisotopic (exact) mass is 334 g/mol. The number of rotatable bonds is 7. The average Bonchev–Trinajstić information content (AvgIpc) is 2.89. The molecule has 0 aromatic carbocycles. The highest BCUT2D eigenvalue weighted by Crippen LogP contribution is 2.15. The highest BCUT2D eigenvalue weighted by molar-refractivity contribution is 5.79. The quantitative estimate of drug-likeness (QED) is 0.454. The van der Waals surface area contributed by atoms with Crippen LogP contribution in [0.15, 0.2) is 11.1 Å². The first-order chi connectivity index (χ1) is 11.6. The number of aliphatic imine (C=N–C) groups is 1. The molecule has 0 saturated carbocycles. The molecule has 1 aliphatic heterocycles. The van der Waals surface area contributed by atoms with Crippen molar-refractivity contribution < 1.29 is 0 Å². The van der Waals surface area contributed by atoms with Gasteiger partial charge in [0.05, 0.1) is 5.69 Å². The number of guanidine groups is 1. The topological polar surface area (TPSA) is 57.5 Å². The molecule has 1 unspecified atom stereocenters. The summed E-state index contributed by atoms with van der Waals surface area (Å²) in [6.45, 7) is 11.6. The van der Waals surface area contributed by atoms with E-state index in [2.05, 4.69) is 50.2 Å². The summed E-state index contributed by atoms with van der Waals surface area (Å²) in [5.74, 6) is 0.896. The predicted molar refractivity (Wildman–Crippen MR) is 101 cm³/mol. The van der Waals surface area contributed by atoms with Crippen molar-refractivity contribution in [1.82, 2.24) is 25.3 Å². The van der Waals surface area contributed by atoms with Gasteiger partial charge in [0.15, 0.2) is 5.96 Å². The summed E-state index contributed by atoms with van der Waals surface area (Å²) in [4.78, 5) is 6.89. The number of likely N-dealkylation sites (tertiary alicyclic amines) is 1. The van der Waals surface area contributed by atoms with Gasteiger partial charge < -0.3 is 10.6 Å². The first-order valence-corrected chi connectivity index (χ1v) is 9.29. The van der Waals surface area contributed by atoms with E-state index in [0.29, 0.717) is 0 Å². The first kappa shape index (κ1) is 18.8. The zero-order valence-electron chi connectivity index (χ0n) is 15.8. The second kappa shape index (κ2) is 9.67. The Bertz CT molecular complexity index is 522. The van der Waals surface area contributed by atoms with E-state index < -0.39 is 0 Å². The highest BCUT2D eigenvalue weighted by atomic mass is 15.3. The Morgan fingerprint density at radius 1 is 1.25 bits per heavy atom. The molecule has 1 aromatic rings. The fraction of sp³-hybridized carbons (Fsp3) is 0.778. The van der Waals surface area contributed by atoms with Gasteiger partial charge in [-0.1, -0.05) is 6.42 Å². The van der Waals surface area contributed by atoms with Crippen LogP contribution in [0.2, 0.25) is 0 Å². The summed E-state index contributed by atoms with van der Waals surface area (Å²) in [6.07, 6.45) is 5.08. The van der Waals surface area contributed by atoms with Gasteiger partial charge in [0.1, 0.15) is 0 Å². The molecule has 1 atom stereocenters. The smallest absolute Gasteiger partial charge is 0.191 e. The molecule has 2 heterocycles. The maximum absolute atomic E-state index is 4.49. The summed E-state index contributed by atoms with van der Waals surface area (Å²) in [7, 11) is 1.83. The predicted octanol–water partition coefficient (Wildman–Crippen LogP) is 1.93. The summed E-state index contributed by atoms with van der Waals surface area (Å²) in [5, 5.41) is 11.3. The Kier molecular flexibility index (Phi) is 7.56. The molecule has 6 heteroatoms. The Hall–Kier alpha value is -1.56. The average molecular weight is 335 g/mol. The molecule has 24 heavy (non-hydrogen) atoms. The molecular weight excluding hydrogens is 300 g/mol. The number of nitrogens with zero attached hydrogens (tertiary/aromatic N) is 4. The van der Waals surface area contributed by atoms with Crippen molar-refractivity contribution in [2.45, 2.75) is 59.0 Å². The second-order valence-electron chi connectivity index (χ2n) is 6.81. The summed E-state index contributed by atoms with van der Waals surface area (Å²) >= 11 is 0. The van der Waals surface area contributed by atoms with E-state index in [1.54, 1.807) is 0 Å². The molecule has 1 saturated heterocycles. The van der Waals surface area contributed by atoms with E-state index >= 15 is 0 Å². The molecule has 1 aliphatic rings. The molecule has 1 fully saturated rings. The SMILES string of the molecule is CN=C(NCCCn1nc(C)cc1C)NCCN1CCCCC1C. The lowest BCUT2D eigenvalue weighted by atomic mass is 10.0. The van der Waals surface area contributed by atoms with E-state index in [4.69, 9.17) is 0 Å². The standard InChI is InChI=1S/C18H34N6/c1-15-14-17(3)24(22-15)12-7-9-20-18(19-4)21-10-13-23-11-6-5-8-16(23)2/h14,16H,5-13H2,1-4H3,(H2,19,20,21). The Morgan fingerprint density at radius 3 is 2.71 bits per heavy atom. The second-order valence-corrected chi connectivity index (χ2v) is 6.81. The Morgan fingerprint density at radius 2 is 2.04 bits per heavy atom. The first-order valence-electron chi connectivity index (χ1n) is 9.29. The van der Waals surface area contributed by atoms with E-state index in [-0.39, 0.29) is 0 Å². The molecule has 0 aliphatic carbocycles. The van der Waals surface area contributed by atoms with Crippen LogP contribution in [0.1, 0.15) is 44.0 Å². The number of piperidine rings is 1. The third kappa shape index (κ3) is 5.82. The van der Waals surface area contributed by atoms with Gasteiger partial charge in [0.25, 0.3) is 0 Å². The minimum Gasteiger partial charge on any atom is -0.356 e. The van der Waals surface area contributed by atoms with Crippen LogP contribution in [0.5, 0.6) is 0 Å². The number of aromatic nitrogens is 2. The molecular formula is C18H34N6. The Balaban J connectivity index is 1.61. The lowest BCUT2D eigenvalue weighted by molar-refractivity contribution is 0.163. The van der Waals surface area contributed by atoms with E-state index in [9.17, 15) is 0 Å². The number of hydrogen-bond acceptors (Lipinski definition) is 3. The zero-order valence-corrected chi connectivity index (χ0v) is 15.8. The lowest BCUT2D eigenvalue weighted by Gasteiger charge is -2.33. The molecule has 0 bridgehead atoms. The summed E-state index contributed by atoms with van der Waals surface area (Å²) < 4.78 is 2.07. The van der Waals surface area contributed by atoms with Crippen molar-refractivity contribution in [3.8, 4) is 0 Å². The minimum atomic E-state index is 0.719. The van der Waals surface area contributed by atoms with Gasteiger partial charge >= 0.3 is 0 Å². The molecule has 136 valence electrons. The van der Waals surface area contributed by atoms with Crippen molar-refractivity contribution in [2.24, 2.45) is 4.99 Å². The third-order valence-electron chi connectivity index (χ3n) is 4.80. The van der Waals surface area contributed by atoms with Crippen LogP contribution < -0.4 is 10.6 Å². The van der Waals surface area contributed by atoms with Crippen LogP contribution in [0, 0.1) is 13.8 Å². The molecule has 2 N–H and O–H groups in total. The van der Waals surface area contributed by atoms with Crippen LogP contribution in [0.3, 0.4) is 0 Å². The van der Waals surface area contributed by atoms with Gasteiger partial charge in [0.2, 0.25) is 0 Å². The highest BCUT2D eigenvalue weighted by Gasteiger charge is 2.17. The molecule has 0 radical (unpaired) electrons. The van der Waals surface area contributed by atoms with Gasteiger partial charge in [-0.25, -0.2) is 0 Å². The van der Waals surface area contributed by atoms with Crippen LogP contribution in [-0.2, 0) is 6.54 Å². The van der Waals surface area contributed by atoms with Gasteiger partial charge in [-0.2, -0.15) is 5.10 Å². The normalized spacial score (nSPS) is 19.5. The molecule has 0 amide bonds. The number of aryl methyl sites for hydroxylation is 3. The summed E-state index contributed by atoms with van der Waals surface area (Å²) in [5.41, 5.74) is 2.32. The fourth-order valence-corrected chi connectivity index (χ4v) is 3.37. The largest absolute Gasteiger partial charge is 0.356 e. The van der Waals surface area contributed by atoms with Crippen LogP contribution in [0.4, 0.5) is 0 Å². The van der Waals surface area contributed by atoms with Crippen LogP contribution >= 0.6 is 0 Å². The van der Waals surface area contributed by atoms with Gasteiger partial charge in [0, 0.05) is 45.0 Å². The third-order valence-corrected chi connectivity index (χ3v) is 4.80. The molecule has 1 aromatic heterocycles.